The maximum Gasteiger partial charge on any atom is 0.228 e. The van der Waals surface area contributed by atoms with Gasteiger partial charge in [0.25, 0.3) is 0 Å². The molecule has 2 amide bonds. The van der Waals surface area contributed by atoms with E-state index in [1.165, 1.54) is 0 Å². The molecule has 0 bridgehead atoms. The van der Waals surface area contributed by atoms with Gasteiger partial charge in [0.05, 0.1) is 23.5 Å². The molecular weight excluding hydrogens is 362 g/mol. The quantitative estimate of drug-likeness (QED) is 0.728. The lowest BCUT2D eigenvalue weighted by Crippen LogP contribution is -2.22. The molecule has 2 unspecified atom stereocenters. The first kappa shape index (κ1) is 20.6. The number of nitriles is 1. The number of hydrogen-bond acceptors (Lipinski definition) is 3. The van der Waals surface area contributed by atoms with Crippen molar-refractivity contribution in [3.05, 3.63) is 59.2 Å². The Morgan fingerprint density at radius 2 is 1.48 bits per heavy atom. The number of benzene rings is 2. The molecule has 2 N–H and O–H groups in total. The number of anilines is 2. The van der Waals surface area contributed by atoms with E-state index in [9.17, 15) is 9.59 Å². The summed E-state index contributed by atoms with van der Waals surface area (Å²) in [5.74, 6) is -0.374. The number of carbonyl (C=O) groups excluding carboxylic acids is 2. The topological polar surface area (TPSA) is 82.0 Å². The molecule has 0 heterocycles. The Bertz CT molecular complexity index is 946. The molecule has 0 aliphatic heterocycles. The highest BCUT2D eigenvalue weighted by Gasteiger charge is 2.48. The van der Waals surface area contributed by atoms with E-state index in [1.54, 1.807) is 24.3 Å². The van der Waals surface area contributed by atoms with Gasteiger partial charge in [-0.15, -0.1) is 0 Å². The third-order valence-electron chi connectivity index (χ3n) is 5.34. The molecular formula is C24H27N3O2. The number of rotatable bonds is 6. The summed E-state index contributed by atoms with van der Waals surface area (Å²) in [6.07, 6.45) is 0.538. The van der Waals surface area contributed by atoms with Gasteiger partial charge in [0.15, 0.2) is 0 Å². The standard InChI is InChI=1S/C24H27N3O2/c1-14(2)18-9-6-10-19(15(3)4)22(18)27-24(29)21-12-20(21)23(28)26-17-8-5-7-16(11-17)13-25/h5-11,14-15,20-21H,12H2,1-4H3,(H,26,28)(H,27,29). The van der Waals surface area contributed by atoms with Gasteiger partial charge in [-0.1, -0.05) is 52.0 Å². The molecule has 1 saturated carbocycles. The molecule has 0 aromatic heterocycles. The Kier molecular flexibility index (Phi) is 6.03. The third kappa shape index (κ3) is 4.65. The first-order chi connectivity index (χ1) is 13.8. The summed E-state index contributed by atoms with van der Waals surface area (Å²) in [6.45, 7) is 8.44. The van der Waals surface area contributed by atoms with E-state index in [0.717, 1.165) is 16.8 Å². The Morgan fingerprint density at radius 3 is 2.03 bits per heavy atom. The zero-order valence-corrected chi connectivity index (χ0v) is 17.3. The first-order valence-electron chi connectivity index (χ1n) is 10.1. The van der Waals surface area contributed by atoms with Crippen LogP contribution in [-0.2, 0) is 9.59 Å². The SMILES string of the molecule is CC(C)c1cccc(C(C)C)c1NC(=O)C1CC1C(=O)Nc1cccc(C#N)c1. The summed E-state index contributed by atoms with van der Waals surface area (Å²) in [7, 11) is 0. The molecule has 1 aliphatic rings. The highest BCUT2D eigenvalue weighted by Crippen LogP contribution is 2.41. The van der Waals surface area contributed by atoms with Gasteiger partial charge in [0, 0.05) is 11.4 Å². The van der Waals surface area contributed by atoms with Gasteiger partial charge in [-0.25, -0.2) is 0 Å². The average molecular weight is 389 g/mol. The Hall–Kier alpha value is -3.13. The molecule has 0 saturated heterocycles. The molecule has 29 heavy (non-hydrogen) atoms. The number of amides is 2. The van der Waals surface area contributed by atoms with Gasteiger partial charge in [-0.05, 0) is 47.6 Å². The van der Waals surface area contributed by atoms with Crippen LogP contribution in [0.2, 0.25) is 0 Å². The molecule has 0 radical (unpaired) electrons. The number of nitrogens with zero attached hydrogens (tertiary/aromatic N) is 1. The minimum absolute atomic E-state index is 0.106. The molecule has 5 heteroatoms. The highest BCUT2D eigenvalue weighted by molar-refractivity contribution is 6.03. The number of nitrogens with one attached hydrogen (secondary N) is 2. The van der Waals surface area contributed by atoms with Crippen molar-refractivity contribution in [2.45, 2.75) is 46.0 Å². The van der Waals surface area contributed by atoms with Crippen molar-refractivity contribution in [1.82, 2.24) is 0 Å². The van der Waals surface area contributed by atoms with Crippen molar-refractivity contribution in [2.75, 3.05) is 10.6 Å². The van der Waals surface area contributed by atoms with E-state index in [2.05, 4.69) is 44.4 Å². The van der Waals surface area contributed by atoms with Crippen molar-refractivity contribution < 1.29 is 9.59 Å². The lowest BCUT2D eigenvalue weighted by molar-refractivity contribution is -0.122. The predicted octanol–water partition coefficient (Wildman–Crippen LogP) is 5.02. The van der Waals surface area contributed by atoms with Crippen molar-refractivity contribution in [3.63, 3.8) is 0 Å². The normalized spacial score (nSPS) is 17.7. The summed E-state index contributed by atoms with van der Waals surface area (Å²) >= 11 is 0. The minimum Gasteiger partial charge on any atom is -0.326 e. The second-order valence-corrected chi connectivity index (χ2v) is 8.24. The van der Waals surface area contributed by atoms with E-state index in [0.29, 0.717) is 17.7 Å². The Balaban J connectivity index is 1.69. The molecule has 1 fully saturated rings. The van der Waals surface area contributed by atoms with Crippen molar-refractivity contribution in [1.29, 1.82) is 5.26 Å². The van der Waals surface area contributed by atoms with Crippen LogP contribution < -0.4 is 10.6 Å². The zero-order valence-electron chi connectivity index (χ0n) is 17.3. The van der Waals surface area contributed by atoms with Gasteiger partial charge in [-0.2, -0.15) is 5.26 Å². The second kappa shape index (κ2) is 8.48. The lowest BCUT2D eigenvalue weighted by Gasteiger charge is -2.20. The van der Waals surface area contributed by atoms with Crippen molar-refractivity contribution in [3.8, 4) is 6.07 Å². The number of para-hydroxylation sites is 1. The van der Waals surface area contributed by atoms with Crippen molar-refractivity contribution >= 4 is 23.2 Å². The van der Waals surface area contributed by atoms with E-state index in [-0.39, 0.29) is 35.5 Å². The van der Waals surface area contributed by atoms with Crippen LogP contribution in [0.15, 0.2) is 42.5 Å². The van der Waals surface area contributed by atoms with Crippen LogP contribution in [-0.4, -0.2) is 11.8 Å². The predicted molar refractivity (Wildman–Crippen MR) is 115 cm³/mol. The molecule has 0 spiro atoms. The van der Waals surface area contributed by atoms with E-state index >= 15 is 0 Å². The number of hydrogen-bond donors (Lipinski definition) is 2. The summed E-state index contributed by atoms with van der Waals surface area (Å²) in [6, 6.07) is 15.0. The zero-order chi connectivity index (χ0) is 21.1. The van der Waals surface area contributed by atoms with Crippen LogP contribution >= 0.6 is 0 Å². The van der Waals surface area contributed by atoms with Gasteiger partial charge in [0.1, 0.15) is 0 Å². The van der Waals surface area contributed by atoms with E-state index < -0.39 is 0 Å². The fraction of sp³-hybridized carbons (Fsp3) is 0.375. The summed E-state index contributed by atoms with van der Waals surface area (Å²) < 4.78 is 0. The van der Waals surface area contributed by atoms with Gasteiger partial charge >= 0.3 is 0 Å². The van der Waals surface area contributed by atoms with Crippen LogP contribution in [0.3, 0.4) is 0 Å². The highest BCUT2D eigenvalue weighted by atomic mass is 16.2. The molecule has 1 aliphatic carbocycles. The van der Waals surface area contributed by atoms with E-state index in [4.69, 9.17) is 5.26 Å². The molecule has 3 rings (SSSR count). The van der Waals surface area contributed by atoms with Gasteiger partial charge in [-0.3, -0.25) is 9.59 Å². The molecule has 2 aromatic carbocycles. The number of carbonyl (C=O) groups is 2. The maximum absolute atomic E-state index is 12.9. The molecule has 5 nitrogen and oxygen atoms in total. The molecule has 2 aromatic rings. The average Bonchev–Trinajstić information content (AvgIpc) is 3.49. The minimum atomic E-state index is -0.338. The van der Waals surface area contributed by atoms with Gasteiger partial charge < -0.3 is 10.6 Å². The van der Waals surface area contributed by atoms with Crippen LogP contribution in [0.25, 0.3) is 0 Å². The molecule has 2 atom stereocenters. The summed E-state index contributed by atoms with van der Waals surface area (Å²) in [5.41, 5.74) is 4.17. The van der Waals surface area contributed by atoms with Gasteiger partial charge in [0.2, 0.25) is 11.8 Å². The van der Waals surface area contributed by atoms with Crippen LogP contribution in [0.1, 0.15) is 62.6 Å². The van der Waals surface area contributed by atoms with Crippen LogP contribution in [0.4, 0.5) is 11.4 Å². The maximum atomic E-state index is 12.9. The monoisotopic (exact) mass is 389 g/mol. The van der Waals surface area contributed by atoms with Crippen LogP contribution in [0.5, 0.6) is 0 Å². The third-order valence-corrected chi connectivity index (χ3v) is 5.34. The Morgan fingerprint density at radius 1 is 0.931 bits per heavy atom. The van der Waals surface area contributed by atoms with Crippen LogP contribution in [0, 0.1) is 23.2 Å². The largest absolute Gasteiger partial charge is 0.326 e. The summed E-state index contributed by atoms with van der Waals surface area (Å²) in [5, 5.41) is 14.9. The smallest absolute Gasteiger partial charge is 0.228 e. The van der Waals surface area contributed by atoms with E-state index in [1.807, 2.05) is 18.2 Å². The first-order valence-corrected chi connectivity index (χ1v) is 10.1. The summed E-state index contributed by atoms with van der Waals surface area (Å²) in [4.78, 5) is 25.4. The molecule has 150 valence electrons. The fourth-order valence-electron chi connectivity index (χ4n) is 3.59. The second-order valence-electron chi connectivity index (χ2n) is 8.24. The Labute approximate surface area is 172 Å². The fourth-order valence-corrected chi connectivity index (χ4v) is 3.59. The van der Waals surface area contributed by atoms with Crippen molar-refractivity contribution in [2.24, 2.45) is 11.8 Å². The lowest BCUT2D eigenvalue weighted by atomic mass is 9.92.